The number of esters is 1. The summed E-state index contributed by atoms with van der Waals surface area (Å²) in [6.07, 6.45) is 1.59. The SMILES string of the molecule is COC(=O)c1ccc(CN2C(=O)S/C(=C/c3cc(OC)c(OCc4ccc(Cl)c(Cl)c4)cc3Br)C2=O)o1. The number of imide groups is 1. The van der Waals surface area contributed by atoms with Crippen molar-refractivity contribution in [3.63, 3.8) is 0 Å². The molecule has 0 radical (unpaired) electrons. The molecule has 4 rings (SSSR count). The molecule has 0 saturated carbocycles. The molecule has 0 atom stereocenters. The van der Waals surface area contributed by atoms with Crippen LogP contribution in [0.25, 0.3) is 6.08 Å². The Balaban J connectivity index is 1.51. The molecule has 0 unspecified atom stereocenters. The van der Waals surface area contributed by atoms with E-state index in [1.165, 1.54) is 26.4 Å². The van der Waals surface area contributed by atoms with E-state index in [2.05, 4.69) is 20.7 Å². The smallest absolute Gasteiger partial charge is 0.373 e. The van der Waals surface area contributed by atoms with Crippen LogP contribution in [0.4, 0.5) is 4.79 Å². The Kier molecular flexibility index (Phi) is 8.53. The minimum absolute atomic E-state index is 0.0162. The molecule has 8 nitrogen and oxygen atoms in total. The Bertz CT molecular complexity index is 1420. The van der Waals surface area contributed by atoms with Gasteiger partial charge in [0.2, 0.25) is 5.76 Å². The zero-order chi connectivity index (χ0) is 26.7. The van der Waals surface area contributed by atoms with E-state index >= 15 is 0 Å². The first-order valence-corrected chi connectivity index (χ1v) is 12.9. The average molecular weight is 627 g/mol. The van der Waals surface area contributed by atoms with Crippen LogP contribution in [0, 0.1) is 0 Å². The van der Waals surface area contributed by atoms with Crippen molar-refractivity contribution < 1.29 is 33.0 Å². The van der Waals surface area contributed by atoms with Gasteiger partial charge in [-0.3, -0.25) is 14.5 Å². The van der Waals surface area contributed by atoms with E-state index in [-0.39, 0.29) is 29.6 Å². The summed E-state index contributed by atoms with van der Waals surface area (Å²) in [5, 5.41) is 0.419. The highest BCUT2D eigenvalue weighted by atomic mass is 79.9. The van der Waals surface area contributed by atoms with Crippen molar-refractivity contribution in [3.05, 3.63) is 84.5 Å². The van der Waals surface area contributed by atoms with E-state index in [1.54, 1.807) is 36.4 Å². The number of hydrogen-bond donors (Lipinski definition) is 0. The molecular weight excluding hydrogens is 609 g/mol. The van der Waals surface area contributed by atoms with Crippen molar-refractivity contribution in [2.45, 2.75) is 13.2 Å². The highest BCUT2D eigenvalue weighted by Gasteiger charge is 2.36. The fourth-order valence-corrected chi connectivity index (χ4v) is 4.92. The Labute approximate surface area is 234 Å². The number of halogens is 3. The molecule has 1 aliphatic heterocycles. The number of methoxy groups -OCH3 is 2. The summed E-state index contributed by atoms with van der Waals surface area (Å²) in [6, 6.07) is 11.5. The van der Waals surface area contributed by atoms with E-state index < -0.39 is 17.1 Å². The number of ether oxygens (including phenoxy) is 3. The summed E-state index contributed by atoms with van der Waals surface area (Å²) >= 11 is 16.3. The summed E-state index contributed by atoms with van der Waals surface area (Å²) in [4.78, 5) is 38.3. The number of thioether (sulfide) groups is 1. The third kappa shape index (κ3) is 6.15. The number of nitrogens with zero attached hydrogens (tertiary/aromatic N) is 1. The van der Waals surface area contributed by atoms with Crippen LogP contribution in [0.2, 0.25) is 10.0 Å². The molecule has 1 aromatic heterocycles. The van der Waals surface area contributed by atoms with Crippen LogP contribution in [0.15, 0.2) is 56.3 Å². The van der Waals surface area contributed by atoms with E-state index in [9.17, 15) is 14.4 Å². The van der Waals surface area contributed by atoms with Crippen LogP contribution in [-0.4, -0.2) is 36.2 Å². The van der Waals surface area contributed by atoms with Crippen LogP contribution in [-0.2, 0) is 22.7 Å². The Hall–Kier alpha value is -2.92. The molecule has 3 aromatic rings. The van der Waals surface area contributed by atoms with Gasteiger partial charge in [-0.15, -0.1) is 0 Å². The second-order valence-electron chi connectivity index (χ2n) is 7.59. The number of rotatable bonds is 8. The normalized spacial score (nSPS) is 14.4. The first-order chi connectivity index (χ1) is 17.7. The van der Waals surface area contributed by atoms with Gasteiger partial charge in [0, 0.05) is 4.47 Å². The standard InChI is InChI=1S/C25H18BrCl2NO7S/c1-33-20-8-14(16(26)10-21(20)35-12-13-3-5-17(27)18(28)7-13)9-22-23(30)29(25(32)37-22)11-15-4-6-19(36-15)24(31)34-2/h3-10H,11-12H2,1-2H3/b22-9+. The number of benzene rings is 2. The zero-order valence-electron chi connectivity index (χ0n) is 19.4. The highest BCUT2D eigenvalue weighted by Crippen LogP contribution is 2.39. The molecule has 1 aliphatic rings. The summed E-state index contributed by atoms with van der Waals surface area (Å²) in [7, 11) is 2.73. The van der Waals surface area contributed by atoms with Gasteiger partial charge in [-0.2, -0.15) is 0 Å². The quantitative estimate of drug-likeness (QED) is 0.196. The fraction of sp³-hybridized carbons (Fsp3) is 0.160. The maximum absolute atomic E-state index is 13.0. The first kappa shape index (κ1) is 27.1. The largest absolute Gasteiger partial charge is 0.493 e. The molecule has 1 saturated heterocycles. The maximum atomic E-state index is 13.0. The van der Waals surface area contributed by atoms with Crippen molar-refractivity contribution in [3.8, 4) is 11.5 Å². The lowest BCUT2D eigenvalue weighted by atomic mass is 10.1. The molecule has 12 heteroatoms. The van der Waals surface area contributed by atoms with Gasteiger partial charge < -0.3 is 18.6 Å². The van der Waals surface area contributed by atoms with Crippen LogP contribution in [0.3, 0.4) is 0 Å². The number of amides is 2. The molecule has 0 aliphatic carbocycles. The lowest BCUT2D eigenvalue weighted by Crippen LogP contribution is -2.27. The van der Waals surface area contributed by atoms with Crippen LogP contribution in [0.5, 0.6) is 11.5 Å². The van der Waals surface area contributed by atoms with E-state index in [4.69, 9.17) is 37.1 Å². The number of furan rings is 1. The first-order valence-electron chi connectivity index (χ1n) is 10.6. The predicted octanol–water partition coefficient (Wildman–Crippen LogP) is 6.96. The molecular formula is C25H18BrCl2NO7S. The van der Waals surface area contributed by atoms with Crippen molar-refractivity contribution in [1.29, 1.82) is 0 Å². The van der Waals surface area contributed by atoms with Gasteiger partial charge in [-0.05, 0) is 65.4 Å². The van der Waals surface area contributed by atoms with Crippen LogP contribution < -0.4 is 9.47 Å². The van der Waals surface area contributed by atoms with Gasteiger partial charge in [0.25, 0.3) is 11.1 Å². The average Bonchev–Trinajstić information content (AvgIpc) is 3.46. The Morgan fingerprint density at radius 2 is 1.86 bits per heavy atom. The van der Waals surface area contributed by atoms with Crippen molar-refractivity contribution in [2.24, 2.45) is 0 Å². The van der Waals surface area contributed by atoms with Gasteiger partial charge in [0.05, 0.1) is 35.7 Å². The summed E-state index contributed by atoms with van der Waals surface area (Å²) in [5.74, 6) is 0.0117. The zero-order valence-corrected chi connectivity index (χ0v) is 23.3. The van der Waals surface area contributed by atoms with Crippen molar-refractivity contribution in [1.82, 2.24) is 4.90 Å². The topological polar surface area (TPSA) is 95.3 Å². The highest BCUT2D eigenvalue weighted by molar-refractivity contribution is 9.10. The minimum Gasteiger partial charge on any atom is -0.493 e. The number of carbonyl (C=O) groups is 3. The predicted molar refractivity (Wildman–Crippen MR) is 143 cm³/mol. The minimum atomic E-state index is -0.650. The van der Waals surface area contributed by atoms with Gasteiger partial charge in [0.1, 0.15) is 12.4 Å². The lowest BCUT2D eigenvalue weighted by molar-refractivity contribution is -0.123. The molecule has 37 heavy (non-hydrogen) atoms. The second kappa shape index (κ2) is 11.6. The van der Waals surface area contributed by atoms with Crippen molar-refractivity contribution in [2.75, 3.05) is 14.2 Å². The van der Waals surface area contributed by atoms with E-state index in [0.717, 1.165) is 22.2 Å². The van der Waals surface area contributed by atoms with Crippen LogP contribution >= 0.6 is 50.9 Å². The number of carbonyl (C=O) groups excluding carboxylic acids is 3. The molecule has 2 heterocycles. The third-order valence-corrected chi connectivity index (χ3v) is 7.52. The molecule has 0 N–H and O–H groups in total. The fourth-order valence-electron chi connectivity index (χ4n) is 3.33. The third-order valence-electron chi connectivity index (χ3n) is 5.18. The molecule has 0 spiro atoms. The molecule has 1 fully saturated rings. The molecule has 0 bridgehead atoms. The summed E-state index contributed by atoms with van der Waals surface area (Å²) < 4.78 is 22.0. The monoisotopic (exact) mass is 625 g/mol. The number of hydrogen-bond acceptors (Lipinski definition) is 8. The van der Waals surface area contributed by atoms with E-state index in [1.807, 2.05) is 0 Å². The maximum Gasteiger partial charge on any atom is 0.373 e. The Morgan fingerprint density at radius 3 is 2.57 bits per heavy atom. The lowest BCUT2D eigenvalue weighted by Gasteiger charge is -2.13. The Morgan fingerprint density at radius 1 is 1.08 bits per heavy atom. The molecule has 192 valence electrons. The van der Waals surface area contributed by atoms with Gasteiger partial charge in [0.15, 0.2) is 11.5 Å². The van der Waals surface area contributed by atoms with E-state index in [0.29, 0.717) is 31.6 Å². The van der Waals surface area contributed by atoms with Gasteiger partial charge in [-0.1, -0.05) is 45.2 Å². The van der Waals surface area contributed by atoms with Crippen LogP contribution in [0.1, 0.15) is 27.4 Å². The molecule has 2 aromatic carbocycles. The van der Waals surface area contributed by atoms with Crippen molar-refractivity contribution >= 4 is 74.1 Å². The van der Waals surface area contributed by atoms with Gasteiger partial charge >= 0.3 is 5.97 Å². The summed E-state index contributed by atoms with van der Waals surface area (Å²) in [6.45, 7) is 0.105. The molecule has 2 amide bonds. The second-order valence-corrected chi connectivity index (χ2v) is 10.2. The summed E-state index contributed by atoms with van der Waals surface area (Å²) in [5.41, 5.74) is 1.43. The van der Waals surface area contributed by atoms with Gasteiger partial charge in [-0.25, -0.2) is 4.79 Å².